The number of carboxylic acids is 1. The summed E-state index contributed by atoms with van der Waals surface area (Å²) in [5.74, 6) is -2.88. The molecule has 4 atom stereocenters. The van der Waals surface area contributed by atoms with E-state index < -0.39 is 42.1 Å². The van der Waals surface area contributed by atoms with Crippen LogP contribution in [0.25, 0.3) is 0 Å². The van der Waals surface area contributed by atoms with E-state index in [0.717, 1.165) is 19.3 Å². The fourth-order valence-electron chi connectivity index (χ4n) is 3.85. The van der Waals surface area contributed by atoms with Gasteiger partial charge in [0.25, 0.3) is 0 Å². The summed E-state index contributed by atoms with van der Waals surface area (Å²) in [6, 6.07) is 0. The smallest absolute Gasteiger partial charge is 0.306 e. The summed E-state index contributed by atoms with van der Waals surface area (Å²) >= 11 is 0. The molecule has 1 saturated heterocycles. The highest BCUT2D eigenvalue weighted by Gasteiger charge is 2.45. The number of carbonyl (C=O) groups is 3. The Bertz CT molecular complexity index is 641. The second-order valence-corrected chi connectivity index (χ2v) is 8.64. The number of carbonyl (C=O) groups excluding carboxylic acids is 2. The highest BCUT2D eigenvalue weighted by atomic mass is 16.8. The first-order chi connectivity index (χ1) is 14.7. The van der Waals surface area contributed by atoms with E-state index in [4.69, 9.17) is 24.1 Å². The van der Waals surface area contributed by atoms with Crippen LogP contribution in [0.2, 0.25) is 0 Å². The molecule has 31 heavy (non-hydrogen) atoms. The lowest BCUT2D eigenvalue weighted by molar-refractivity contribution is -0.172. The number of carboxylic acid groups (broad SMARTS) is 1. The molecule has 0 spiro atoms. The lowest BCUT2D eigenvalue weighted by Crippen LogP contribution is -2.39. The van der Waals surface area contributed by atoms with Crippen LogP contribution in [0, 0.1) is 0 Å². The molecule has 0 radical (unpaired) electrons. The van der Waals surface area contributed by atoms with Gasteiger partial charge in [-0.3, -0.25) is 14.4 Å². The van der Waals surface area contributed by atoms with Crippen LogP contribution in [0.1, 0.15) is 85.0 Å². The summed E-state index contributed by atoms with van der Waals surface area (Å²) in [5, 5.41) is 8.72. The molecule has 0 aromatic rings. The van der Waals surface area contributed by atoms with Gasteiger partial charge in [0.15, 0.2) is 5.79 Å². The number of rotatable bonds is 10. The van der Waals surface area contributed by atoms with Gasteiger partial charge in [-0.2, -0.15) is 0 Å². The number of cyclic esters (lactones) is 1. The highest BCUT2D eigenvalue weighted by Crippen LogP contribution is 2.34. The quantitative estimate of drug-likeness (QED) is 0.309. The molecule has 8 nitrogen and oxygen atoms in total. The Balaban J connectivity index is 2.07. The van der Waals surface area contributed by atoms with Crippen LogP contribution in [0.15, 0.2) is 12.2 Å². The summed E-state index contributed by atoms with van der Waals surface area (Å²) in [7, 11) is 0. The van der Waals surface area contributed by atoms with E-state index in [2.05, 4.69) is 6.92 Å². The maximum Gasteiger partial charge on any atom is 0.306 e. The van der Waals surface area contributed by atoms with E-state index in [1.165, 1.54) is 12.8 Å². The summed E-state index contributed by atoms with van der Waals surface area (Å²) in [5.41, 5.74) is 0. The Morgan fingerprint density at radius 1 is 1.13 bits per heavy atom. The van der Waals surface area contributed by atoms with E-state index in [1.54, 1.807) is 12.2 Å². The van der Waals surface area contributed by atoms with Crippen molar-refractivity contribution in [3.63, 3.8) is 0 Å². The first kappa shape index (κ1) is 25.3. The van der Waals surface area contributed by atoms with Crippen molar-refractivity contribution in [2.45, 2.75) is 115 Å². The molecule has 2 aliphatic heterocycles. The normalized spacial score (nSPS) is 27.9. The van der Waals surface area contributed by atoms with Crippen molar-refractivity contribution in [3.05, 3.63) is 12.2 Å². The molecule has 0 aromatic carbocycles. The number of hydrogen-bond acceptors (Lipinski definition) is 7. The maximum absolute atomic E-state index is 12.5. The monoisotopic (exact) mass is 440 g/mol. The number of unbranched alkanes of at least 4 members (excludes halogenated alkanes) is 4. The van der Waals surface area contributed by atoms with Crippen LogP contribution in [0.3, 0.4) is 0 Å². The van der Waals surface area contributed by atoms with Crippen LogP contribution in [-0.2, 0) is 33.3 Å². The minimum atomic E-state index is -1.07. The van der Waals surface area contributed by atoms with Crippen molar-refractivity contribution in [3.8, 4) is 0 Å². The van der Waals surface area contributed by atoms with Gasteiger partial charge in [0, 0.05) is 6.42 Å². The van der Waals surface area contributed by atoms with Crippen LogP contribution in [-0.4, -0.2) is 53.2 Å². The minimum Gasteiger partial charge on any atom is -0.481 e. The van der Waals surface area contributed by atoms with Crippen LogP contribution in [0.5, 0.6) is 0 Å². The third kappa shape index (κ3) is 8.99. The number of ether oxygens (including phenoxy) is 4. The van der Waals surface area contributed by atoms with E-state index >= 15 is 0 Å². The predicted octanol–water partition coefficient (Wildman–Crippen LogP) is 3.91. The molecule has 0 amide bonds. The number of hydrogen-bond donors (Lipinski definition) is 1. The Kier molecular flexibility index (Phi) is 9.96. The molecular formula is C23H36O8. The molecule has 1 N–H and O–H groups in total. The van der Waals surface area contributed by atoms with Crippen molar-refractivity contribution in [1.29, 1.82) is 0 Å². The average molecular weight is 441 g/mol. The fourth-order valence-corrected chi connectivity index (χ4v) is 3.85. The zero-order chi connectivity index (χ0) is 22.9. The Morgan fingerprint density at radius 2 is 1.87 bits per heavy atom. The van der Waals surface area contributed by atoms with Gasteiger partial charge >= 0.3 is 17.9 Å². The topological polar surface area (TPSA) is 108 Å². The summed E-state index contributed by atoms with van der Waals surface area (Å²) in [6.45, 7) is 5.80. The third-order valence-electron chi connectivity index (χ3n) is 5.38. The lowest BCUT2D eigenvalue weighted by atomic mass is 9.99. The van der Waals surface area contributed by atoms with Crippen molar-refractivity contribution in [1.82, 2.24) is 0 Å². The molecule has 2 aliphatic rings. The van der Waals surface area contributed by atoms with Gasteiger partial charge < -0.3 is 24.1 Å². The number of aliphatic carboxylic acids is 1. The predicted molar refractivity (Wildman–Crippen MR) is 112 cm³/mol. The molecule has 8 heteroatoms. The van der Waals surface area contributed by atoms with Gasteiger partial charge in [-0.25, -0.2) is 0 Å². The molecule has 2 rings (SSSR count). The molecule has 2 unspecified atom stereocenters. The Labute approximate surface area is 184 Å². The fraction of sp³-hybridized carbons (Fsp3) is 0.783. The maximum atomic E-state index is 12.5. The van der Waals surface area contributed by atoms with Crippen molar-refractivity contribution in [2.75, 3.05) is 0 Å². The summed E-state index contributed by atoms with van der Waals surface area (Å²) in [4.78, 5) is 35.1. The molecule has 1 fully saturated rings. The van der Waals surface area contributed by atoms with Gasteiger partial charge in [-0.1, -0.05) is 38.7 Å². The zero-order valence-electron chi connectivity index (χ0n) is 18.8. The molecule has 0 bridgehead atoms. The van der Waals surface area contributed by atoms with Crippen LogP contribution in [0.4, 0.5) is 0 Å². The van der Waals surface area contributed by atoms with E-state index in [1.807, 2.05) is 13.8 Å². The van der Waals surface area contributed by atoms with Crippen LogP contribution >= 0.6 is 0 Å². The van der Waals surface area contributed by atoms with Crippen molar-refractivity contribution in [2.24, 2.45) is 0 Å². The van der Waals surface area contributed by atoms with Gasteiger partial charge in [0.2, 0.25) is 0 Å². The molecule has 0 saturated carbocycles. The summed E-state index contributed by atoms with van der Waals surface area (Å²) < 4.78 is 23.2. The van der Waals surface area contributed by atoms with Gasteiger partial charge in [-0.05, 0) is 39.2 Å². The molecule has 176 valence electrons. The third-order valence-corrected chi connectivity index (χ3v) is 5.38. The lowest BCUT2D eigenvalue weighted by Gasteiger charge is -2.27. The van der Waals surface area contributed by atoms with Crippen molar-refractivity contribution >= 4 is 17.9 Å². The second kappa shape index (κ2) is 12.2. The first-order valence-corrected chi connectivity index (χ1v) is 11.3. The Hall–Kier alpha value is -1.93. The standard InChI is InChI=1S/C23H36O8/c1-4-5-6-7-8-9-17-22-18(30-23(2,3)31-22)12-10-16(11-14-21(27)29-17)28-20(26)15-13-19(24)25/h10,12,16-18,22H,4-9,11,13-15H2,1-3H3,(H,24,25)/t16?,17?,18-,22+/m0/s1. The Morgan fingerprint density at radius 3 is 2.58 bits per heavy atom. The summed E-state index contributed by atoms with van der Waals surface area (Å²) in [6.07, 6.45) is 7.64. The van der Waals surface area contributed by atoms with Gasteiger partial charge in [0.1, 0.15) is 24.4 Å². The van der Waals surface area contributed by atoms with Crippen molar-refractivity contribution < 1.29 is 38.4 Å². The number of esters is 2. The SMILES string of the molecule is CCCCCCCC1OC(=O)CCC(OC(=O)CCC(=O)O)C=C[C@@H]2OC(C)(C)O[C@H]12. The van der Waals surface area contributed by atoms with Crippen LogP contribution < -0.4 is 0 Å². The van der Waals surface area contributed by atoms with E-state index in [-0.39, 0.29) is 31.7 Å². The minimum absolute atomic E-state index is 0.0924. The molecular weight excluding hydrogens is 404 g/mol. The second-order valence-electron chi connectivity index (χ2n) is 8.64. The number of fused-ring (bicyclic) bond motifs is 1. The van der Waals surface area contributed by atoms with E-state index in [0.29, 0.717) is 6.42 Å². The average Bonchev–Trinajstić information content (AvgIpc) is 3.01. The molecule has 0 aliphatic carbocycles. The first-order valence-electron chi connectivity index (χ1n) is 11.3. The highest BCUT2D eigenvalue weighted by molar-refractivity contribution is 5.76. The molecule has 2 heterocycles. The largest absolute Gasteiger partial charge is 0.481 e. The van der Waals surface area contributed by atoms with Gasteiger partial charge in [0.05, 0.1) is 12.8 Å². The van der Waals surface area contributed by atoms with Gasteiger partial charge in [-0.15, -0.1) is 0 Å². The van der Waals surface area contributed by atoms with E-state index in [9.17, 15) is 14.4 Å². The zero-order valence-corrected chi connectivity index (χ0v) is 18.8. The molecule has 0 aromatic heterocycles.